The molecule has 1 aromatic carbocycles. The fourth-order valence-electron chi connectivity index (χ4n) is 1.77. The van der Waals surface area contributed by atoms with Crippen molar-refractivity contribution >= 4 is 23.2 Å². The summed E-state index contributed by atoms with van der Waals surface area (Å²) in [5.41, 5.74) is 1.58. The van der Waals surface area contributed by atoms with Gasteiger partial charge in [-0.25, -0.2) is 0 Å². The molecule has 1 aromatic rings. The van der Waals surface area contributed by atoms with Crippen molar-refractivity contribution in [3.05, 3.63) is 28.8 Å². The van der Waals surface area contributed by atoms with Gasteiger partial charge in [-0.15, -0.1) is 0 Å². The third-order valence-corrected chi connectivity index (χ3v) is 3.42. The van der Waals surface area contributed by atoms with Gasteiger partial charge in [0.15, 0.2) is 0 Å². The van der Waals surface area contributed by atoms with Crippen LogP contribution in [0.4, 0.5) is 5.69 Å². The number of carbonyl (C=O) groups excluding carboxylic acids is 1. The molecule has 5 heteroatoms. The predicted octanol–water partition coefficient (Wildman–Crippen LogP) is 2.29. The molecule has 1 rings (SSSR count). The van der Waals surface area contributed by atoms with E-state index in [1.807, 2.05) is 31.7 Å². The Labute approximate surface area is 119 Å². The number of aliphatic hydroxyl groups is 1. The van der Waals surface area contributed by atoms with Gasteiger partial charge in [0.05, 0.1) is 13.2 Å². The number of nitrogens with zero attached hydrogens (tertiary/aromatic N) is 1. The highest BCUT2D eigenvalue weighted by Crippen LogP contribution is 2.22. The van der Waals surface area contributed by atoms with Gasteiger partial charge in [0.1, 0.15) is 0 Å². The van der Waals surface area contributed by atoms with Crippen LogP contribution in [0.15, 0.2) is 18.2 Å². The van der Waals surface area contributed by atoms with Crippen molar-refractivity contribution in [2.45, 2.75) is 26.8 Å². The average molecular weight is 285 g/mol. The molecule has 106 valence electrons. The molecule has 0 spiro atoms. The maximum atomic E-state index is 12.0. The molecule has 19 heavy (non-hydrogen) atoms. The van der Waals surface area contributed by atoms with Crippen LogP contribution in [0.2, 0.25) is 5.02 Å². The number of halogens is 1. The van der Waals surface area contributed by atoms with Crippen LogP contribution >= 0.6 is 11.6 Å². The smallest absolute Gasteiger partial charge is 0.238 e. The standard InChI is InChI=1S/C14H21ClN2O2/c1-10(2)17(7-8-18)9-14(19)16-13-6-4-5-12(15)11(13)3/h4-6,10,18H,7-9H2,1-3H3,(H,16,19). The Morgan fingerprint density at radius 3 is 2.74 bits per heavy atom. The summed E-state index contributed by atoms with van der Waals surface area (Å²) in [7, 11) is 0. The maximum Gasteiger partial charge on any atom is 0.238 e. The lowest BCUT2D eigenvalue weighted by Gasteiger charge is -2.24. The first-order valence-corrected chi connectivity index (χ1v) is 6.73. The number of nitrogens with one attached hydrogen (secondary N) is 1. The highest BCUT2D eigenvalue weighted by atomic mass is 35.5. The third-order valence-electron chi connectivity index (χ3n) is 3.01. The van der Waals surface area contributed by atoms with Crippen LogP contribution in [0, 0.1) is 6.92 Å². The lowest BCUT2D eigenvalue weighted by molar-refractivity contribution is -0.117. The van der Waals surface area contributed by atoms with E-state index in [2.05, 4.69) is 5.32 Å². The first kappa shape index (κ1) is 16.0. The highest BCUT2D eigenvalue weighted by Gasteiger charge is 2.14. The summed E-state index contributed by atoms with van der Waals surface area (Å²) in [6.07, 6.45) is 0. The number of hydrogen-bond acceptors (Lipinski definition) is 3. The normalized spacial score (nSPS) is 11.1. The van der Waals surface area contributed by atoms with Crippen LogP contribution in [0.5, 0.6) is 0 Å². The molecule has 0 aliphatic carbocycles. The molecule has 0 saturated heterocycles. The summed E-state index contributed by atoms with van der Waals surface area (Å²) in [6, 6.07) is 5.63. The Hall–Kier alpha value is -1.10. The number of anilines is 1. The van der Waals surface area contributed by atoms with E-state index in [0.717, 1.165) is 11.3 Å². The van der Waals surface area contributed by atoms with Gasteiger partial charge in [-0.1, -0.05) is 17.7 Å². The van der Waals surface area contributed by atoms with E-state index in [1.165, 1.54) is 0 Å². The molecule has 0 radical (unpaired) electrons. The molecular formula is C14H21ClN2O2. The molecular weight excluding hydrogens is 264 g/mol. The first-order chi connectivity index (χ1) is 8.95. The third kappa shape index (κ3) is 4.82. The van der Waals surface area contributed by atoms with Crippen molar-refractivity contribution in [3.63, 3.8) is 0 Å². The molecule has 4 nitrogen and oxygen atoms in total. The van der Waals surface area contributed by atoms with Gasteiger partial charge in [0.25, 0.3) is 0 Å². The van der Waals surface area contributed by atoms with Crippen molar-refractivity contribution in [1.29, 1.82) is 0 Å². The molecule has 0 unspecified atom stereocenters. The first-order valence-electron chi connectivity index (χ1n) is 6.35. The Kier molecular flexibility index (Phi) is 6.28. The van der Waals surface area contributed by atoms with Crippen LogP contribution in [0.25, 0.3) is 0 Å². The van der Waals surface area contributed by atoms with E-state index < -0.39 is 0 Å². The zero-order valence-electron chi connectivity index (χ0n) is 11.6. The molecule has 0 aromatic heterocycles. The lowest BCUT2D eigenvalue weighted by atomic mass is 10.2. The van der Waals surface area contributed by atoms with E-state index in [1.54, 1.807) is 12.1 Å². The SMILES string of the molecule is Cc1c(Cl)cccc1NC(=O)CN(CCO)C(C)C. The number of benzene rings is 1. The molecule has 0 saturated carbocycles. The van der Waals surface area contributed by atoms with Gasteiger partial charge in [0.2, 0.25) is 5.91 Å². The van der Waals surface area contributed by atoms with Gasteiger partial charge in [-0.3, -0.25) is 9.69 Å². The second kappa shape index (κ2) is 7.48. The van der Waals surface area contributed by atoms with E-state index in [9.17, 15) is 4.79 Å². The van der Waals surface area contributed by atoms with E-state index in [-0.39, 0.29) is 25.1 Å². The van der Waals surface area contributed by atoms with Crippen molar-refractivity contribution in [1.82, 2.24) is 4.90 Å². The minimum absolute atomic E-state index is 0.0433. The van der Waals surface area contributed by atoms with Crippen molar-refractivity contribution in [3.8, 4) is 0 Å². The van der Waals surface area contributed by atoms with Gasteiger partial charge in [-0.2, -0.15) is 0 Å². The fourth-order valence-corrected chi connectivity index (χ4v) is 1.94. The van der Waals surface area contributed by atoms with Crippen LogP contribution in [0.3, 0.4) is 0 Å². The summed E-state index contributed by atoms with van der Waals surface area (Å²) in [6.45, 7) is 6.64. The predicted molar refractivity (Wildman–Crippen MR) is 78.6 cm³/mol. The summed E-state index contributed by atoms with van der Waals surface area (Å²) >= 11 is 6.01. The minimum atomic E-state index is -0.104. The number of aliphatic hydroxyl groups excluding tert-OH is 1. The second-order valence-corrected chi connectivity index (χ2v) is 5.16. The monoisotopic (exact) mass is 284 g/mol. The molecule has 0 atom stereocenters. The fraction of sp³-hybridized carbons (Fsp3) is 0.500. The van der Waals surface area contributed by atoms with E-state index >= 15 is 0 Å². The van der Waals surface area contributed by atoms with Crippen molar-refractivity contribution < 1.29 is 9.90 Å². The summed E-state index contributed by atoms with van der Waals surface area (Å²) in [5.74, 6) is -0.104. The summed E-state index contributed by atoms with van der Waals surface area (Å²) < 4.78 is 0. The van der Waals surface area contributed by atoms with Crippen LogP contribution in [0.1, 0.15) is 19.4 Å². The second-order valence-electron chi connectivity index (χ2n) is 4.75. The molecule has 0 fully saturated rings. The topological polar surface area (TPSA) is 52.6 Å². The van der Waals surface area contributed by atoms with Crippen LogP contribution in [-0.2, 0) is 4.79 Å². The number of amides is 1. The number of hydrogen-bond donors (Lipinski definition) is 2. The molecule has 0 aliphatic heterocycles. The number of carbonyl (C=O) groups is 1. The van der Waals surface area contributed by atoms with Gasteiger partial charge in [0, 0.05) is 23.3 Å². The average Bonchev–Trinajstić information content (AvgIpc) is 2.34. The quantitative estimate of drug-likeness (QED) is 0.843. The minimum Gasteiger partial charge on any atom is -0.395 e. The Bertz CT molecular complexity index is 435. The number of rotatable bonds is 6. The molecule has 0 heterocycles. The molecule has 2 N–H and O–H groups in total. The Morgan fingerprint density at radius 1 is 1.47 bits per heavy atom. The summed E-state index contributed by atoms with van der Waals surface area (Å²) in [5, 5.41) is 12.5. The van der Waals surface area contributed by atoms with Gasteiger partial charge in [-0.05, 0) is 38.5 Å². The van der Waals surface area contributed by atoms with Crippen molar-refractivity contribution in [2.24, 2.45) is 0 Å². The van der Waals surface area contributed by atoms with Crippen LogP contribution in [-0.4, -0.2) is 41.7 Å². The van der Waals surface area contributed by atoms with Gasteiger partial charge >= 0.3 is 0 Å². The van der Waals surface area contributed by atoms with Gasteiger partial charge < -0.3 is 10.4 Å². The molecule has 0 aliphatic rings. The maximum absolute atomic E-state index is 12.0. The molecule has 1 amide bonds. The lowest BCUT2D eigenvalue weighted by Crippen LogP contribution is -2.39. The molecule has 0 bridgehead atoms. The van der Waals surface area contributed by atoms with Crippen molar-refractivity contribution in [2.75, 3.05) is 25.0 Å². The van der Waals surface area contributed by atoms with Crippen LogP contribution < -0.4 is 5.32 Å². The zero-order valence-corrected chi connectivity index (χ0v) is 12.4. The highest BCUT2D eigenvalue weighted by molar-refractivity contribution is 6.31. The zero-order chi connectivity index (χ0) is 14.4. The Balaban J connectivity index is 2.66. The Morgan fingerprint density at radius 2 is 2.16 bits per heavy atom. The summed E-state index contributed by atoms with van der Waals surface area (Å²) in [4.78, 5) is 13.9. The largest absolute Gasteiger partial charge is 0.395 e. The van der Waals surface area contributed by atoms with E-state index in [4.69, 9.17) is 16.7 Å². The van der Waals surface area contributed by atoms with E-state index in [0.29, 0.717) is 11.6 Å².